The summed E-state index contributed by atoms with van der Waals surface area (Å²) < 4.78 is 13.1. The zero-order valence-corrected chi connectivity index (χ0v) is 22.8. The summed E-state index contributed by atoms with van der Waals surface area (Å²) in [5.41, 5.74) is 2.57. The molecular formula is C27H28N4O4S2. The summed E-state index contributed by atoms with van der Waals surface area (Å²) in [6, 6.07) is 11.3. The first-order valence-corrected chi connectivity index (χ1v) is 13.3. The summed E-state index contributed by atoms with van der Waals surface area (Å²) >= 11 is 6.75. The molecule has 0 radical (unpaired) electrons. The van der Waals surface area contributed by atoms with Gasteiger partial charge >= 0.3 is 0 Å². The quantitative estimate of drug-likeness (QED) is 0.358. The Bertz CT molecular complexity index is 1460. The third kappa shape index (κ3) is 5.14. The number of ether oxygens (including phenoxy) is 2. The molecule has 0 aliphatic carbocycles. The number of aromatic nitrogens is 2. The number of benzene rings is 1. The topological polar surface area (TPSA) is 76.4 Å². The molecule has 0 N–H and O–H groups in total. The summed E-state index contributed by atoms with van der Waals surface area (Å²) in [5.74, 6) is 1.07. The number of nitrogens with zero attached hydrogens (tertiary/aromatic N) is 4. The van der Waals surface area contributed by atoms with Gasteiger partial charge in [0.05, 0.1) is 36.3 Å². The fourth-order valence-corrected chi connectivity index (χ4v) is 5.88. The van der Waals surface area contributed by atoms with Gasteiger partial charge in [0, 0.05) is 19.3 Å². The Morgan fingerprint density at radius 2 is 1.84 bits per heavy atom. The SMILES string of the molecule is COc1ccc(CN2C(=O)/C(=C/c3c(N4C[C@H](C)O[C@@H](C)C4)nc4ccc(C)cn4c3=O)SC2=S)cc1. The van der Waals surface area contributed by atoms with Gasteiger partial charge in [-0.05, 0) is 56.2 Å². The van der Waals surface area contributed by atoms with Crippen molar-refractivity contribution in [1.29, 1.82) is 0 Å². The Labute approximate surface area is 224 Å². The van der Waals surface area contributed by atoms with E-state index in [1.54, 1.807) is 24.3 Å². The van der Waals surface area contributed by atoms with E-state index in [1.807, 2.05) is 57.2 Å². The number of carbonyl (C=O) groups is 1. The van der Waals surface area contributed by atoms with Gasteiger partial charge in [0.25, 0.3) is 11.5 Å². The fraction of sp³-hybridized carbons (Fsp3) is 0.333. The smallest absolute Gasteiger partial charge is 0.267 e. The molecule has 3 aromatic rings. The van der Waals surface area contributed by atoms with Crippen LogP contribution in [0.4, 0.5) is 5.82 Å². The maximum atomic E-state index is 13.8. The molecule has 1 amide bonds. The van der Waals surface area contributed by atoms with E-state index in [0.29, 0.717) is 45.9 Å². The molecule has 2 aliphatic heterocycles. The standard InChI is InChI=1S/C27H28N4O4S2/c1-16-5-10-23-28-24(29-13-17(2)35-18(3)14-29)21(25(32)30(23)12-16)11-22-26(33)31(27(36)37-22)15-19-6-8-20(34-4)9-7-19/h5-12,17-18H,13-15H2,1-4H3/b22-11-/t17-,18-/m0/s1. The van der Waals surface area contributed by atoms with Crippen molar-refractivity contribution in [1.82, 2.24) is 14.3 Å². The summed E-state index contributed by atoms with van der Waals surface area (Å²) in [7, 11) is 1.61. The average molecular weight is 537 g/mol. The molecule has 0 unspecified atom stereocenters. The Hall–Kier alpha value is -3.21. The Balaban J connectivity index is 1.55. The highest BCUT2D eigenvalue weighted by molar-refractivity contribution is 8.26. The number of aryl methyl sites for hydroxylation is 1. The zero-order chi connectivity index (χ0) is 26.3. The van der Waals surface area contributed by atoms with E-state index in [2.05, 4.69) is 4.90 Å². The summed E-state index contributed by atoms with van der Waals surface area (Å²) in [5, 5.41) is 0. The van der Waals surface area contributed by atoms with Gasteiger partial charge in [-0.3, -0.25) is 18.9 Å². The highest BCUT2D eigenvalue weighted by Crippen LogP contribution is 2.35. The van der Waals surface area contributed by atoms with Crippen LogP contribution in [0.25, 0.3) is 11.7 Å². The number of carbonyl (C=O) groups excluding carboxylic acids is 1. The normalized spacial score (nSPS) is 21.4. The van der Waals surface area contributed by atoms with Crippen LogP contribution in [0.5, 0.6) is 5.75 Å². The number of fused-ring (bicyclic) bond motifs is 1. The van der Waals surface area contributed by atoms with E-state index in [0.717, 1.165) is 16.9 Å². The van der Waals surface area contributed by atoms with Gasteiger partial charge in [0.2, 0.25) is 0 Å². The number of pyridine rings is 1. The number of rotatable bonds is 5. The van der Waals surface area contributed by atoms with Crippen molar-refractivity contribution < 1.29 is 14.3 Å². The maximum Gasteiger partial charge on any atom is 0.267 e. The second-order valence-electron chi connectivity index (χ2n) is 9.37. The van der Waals surface area contributed by atoms with E-state index in [1.165, 1.54) is 16.2 Å². The third-order valence-corrected chi connectivity index (χ3v) is 7.73. The average Bonchev–Trinajstić information content (AvgIpc) is 3.13. The number of thioether (sulfide) groups is 1. The predicted molar refractivity (Wildman–Crippen MR) is 150 cm³/mol. The van der Waals surface area contributed by atoms with Gasteiger partial charge < -0.3 is 14.4 Å². The second kappa shape index (κ2) is 10.3. The maximum absolute atomic E-state index is 13.8. The Morgan fingerprint density at radius 3 is 2.51 bits per heavy atom. The highest BCUT2D eigenvalue weighted by Gasteiger charge is 2.33. The minimum absolute atomic E-state index is 0.0161. The molecule has 2 aromatic heterocycles. The molecule has 37 heavy (non-hydrogen) atoms. The molecule has 192 valence electrons. The minimum Gasteiger partial charge on any atom is -0.497 e. The van der Waals surface area contributed by atoms with E-state index in [4.69, 9.17) is 26.7 Å². The number of anilines is 1. The predicted octanol–water partition coefficient (Wildman–Crippen LogP) is 4.03. The number of thiocarbonyl (C=S) groups is 1. The Morgan fingerprint density at radius 1 is 1.14 bits per heavy atom. The molecule has 2 saturated heterocycles. The van der Waals surface area contributed by atoms with Crippen LogP contribution in [-0.2, 0) is 16.1 Å². The summed E-state index contributed by atoms with van der Waals surface area (Å²) in [6.07, 6.45) is 3.39. The molecule has 2 fully saturated rings. The Kier molecular flexibility index (Phi) is 7.06. The molecule has 8 nitrogen and oxygen atoms in total. The van der Waals surface area contributed by atoms with E-state index < -0.39 is 0 Å². The van der Waals surface area contributed by atoms with Crippen LogP contribution in [0.15, 0.2) is 52.3 Å². The van der Waals surface area contributed by atoms with Crippen molar-refractivity contribution in [3.63, 3.8) is 0 Å². The van der Waals surface area contributed by atoms with Crippen molar-refractivity contribution in [3.8, 4) is 5.75 Å². The molecule has 2 atom stereocenters. The molecule has 5 rings (SSSR count). The van der Waals surface area contributed by atoms with E-state index in [9.17, 15) is 9.59 Å². The minimum atomic E-state index is -0.228. The van der Waals surface area contributed by atoms with Crippen LogP contribution in [0.1, 0.15) is 30.5 Å². The van der Waals surface area contributed by atoms with Crippen LogP contribution in [0.3, 0.4) is 0 Å². The molecule has 0 spiro atoms. The molecule has 1 aromatic carbocycles. The third-order valence-electron chi connectivity index (χ3n) is 6.35. The zero-order valence-electron chi connectivity index (χ0n) is 21.1. The van der Waals surface area contributed by atoms with Crippen molar-refractivity contribution in [3.05, 3.63) is 74.5 Å². The summed E-state index contributed by atoms with van der Waals surface area (Å²) in [4.78, 5) is 36.1. The van der Waals surface area contributed by atoms with Crippen molar-refractivity contribution in [2.24, 2.45) is 0 Å². The van der Waals surface area contributed by atoms with Crippen LogP contribution < -0.4 is 15.2 Å². The first-order valence-electron chi connectivity index (χ1n) is 12.0. The van der Waals surface area contributed by atoms with E-state index >= 15 is 0 Å². The molecule has 2 aliphatic rings. The number of amides is 1. The lowest BCUT2D eigenvalue weighted by Gasteiger charge is -2.36. The van der Waals surface area contributed by atoms with Gasteiger partial charge in [0.15, 0.2) is 0 Å². The second-order valence-corrected chi connectivity index (χ2v) is 11.0. The lowest BCUT2D eigenvalue weighted by molar-refractivity contribution is -0.122. The molecule has 10 heteroatoms. The van der Waals surface area contributed by atoms with Crippen LogP contribution >= 0.6 is 24.0 Å². The number of hydrogen-bond acceptors (Lipinski definition) is 8. The van der Waals surface area contributed by atoms with Crippen LogP contribution in [0.2, 0.25) is 0 Å². The van der Waals surface area contributed by atoms with Crippen molar-refractivity contribution in [2.45, 2.75) is 39.5 Å². The largest absolute Gasteiger partial charge is 0.497 e. The first-order chi connectivity index (χ1) is 17.7. The van der Waals surface area contributed by atoms with E-state index in [-0.39, 0.29) is 23.7 Å². The highest BCUT2D eigenvalue weighted by atomic mass is 32.2. The van der Waals surface area contributed by atoms with Crippen molar-refractivity contribution in [2.75, 3.05) is 25.1 Å². The monoisotopic (exact) mass is 536 g/mol. The molecule has 0 bridgehead atoms. The number of morpholine rings is 1. The summed E-state index contributed by atoms with van der Waals surface area (Å²) in [6.45, 7) is 7.46. The lowest BCUT2D eigenvalue weighted by atomic mass is 10.1. The lowest BCUT2D eigenvalue weighted by Crippen LogP contribution is -2.46. The van der Waals surface area contributed by atoms with Gasteiger partial charge in [-0.15, -0.1) is 0 Å². The van der Waals surface area contributed by atoms with Gasteiger partial charge in [0.1, 0.15) is 21.5 Å². The van der Waals surface area contributed by atoms with Gasteiger partial charge in [-0.1, -0.05) is 42.2 Å². The fourth-order valence-electron chi connectivity index (χ4n) is 4.65. The van der Waals surface area contributed by atoms with Crippen molar-refractivity contribution >= 4 is 51.7 Å². The van der Waals surface area contributed by atoms with Crippen LogP contribution in [-0.4, -0.2) is 56.9 Å². The number of hydrogen-bond donors (Lipinski definition) is 0. The first kappa shape index (κ1) is 25.4. The van der Waals surface area contributed by atoms with Gasteiger partial charge in [-0.2, -0.15) is 0 Å². The molecule has 4 heterocycles. The van der Waals surface area contributed by atoms with Gasteiger partial charge in [-0.25, -0.2) is 4.98 Å². The molecule has 0 saturated carbocycles. The number of methoxy groups -OCH3 is 1. The molecular weight excluding hydrogens is 508 g/mol. The van der Waals surface area contributed by atoms with Crippen LogP contribution in [0, 0.1) is 6.92 Å².